The molecule has 7 heteroatoms. The molecule has 3 aromatic carbocycles. The third kappa shape index (κ3) is 4.58. The molecule has 1 heterocycles. The summed E-state index contributed by atoms with van der Waals surface area (Å²) >= 11 is 6.21. The van der Waals surface area contributed by atoms with Gasteiger partial charge in [-0.15, -0.1) is 0 Å². The molecule has 34 heavy (non-hydrogen) atoms. The normalized spacial score (nSPS) is 13.4. The lowest BCUT2D eigenvalue weighted by atomic mass is 10.1. The maximum atomic E-state index is 13.0. The molecule has 0 spiro atoms. The number of amides is 2. The molecule has 0 unspecified atom stereocenters. The van der Waals surface area contributed by atoms with Gasteiger partial charge in [0.15, 0.2) is 0 Å². The van der Waals surface area contributed by atoms with Crippen LogP contribution in [0.3, 0.4) is 0 Å². The summed E-state index contributed by atoms with van der Waals surface area (Å²) in [5.74, 6) is -1.10. The number of anilines is 2. The molecule has 0 radical (unpaired) electrons. The third-order valence-corrected chi connectivity index (χ3v) is 5.93. The van der Waals surface area contributed by atoms with E-state index in [1.165, 1.54) is 0 Å². The summed E-state index contributed by atoms with van der Waals surface area (Å²) in [5.41, 5.74) is 3.32. The van der Waals surface area contributed by atoms with Gasteiger partial charge >= 0.3 is 5.97 Å². The minimum Gasteiger partial charge on any atom is -0.423 e. The first-order chi connectivity index (χ1) is 16.4. The number of imide groups is 1. The Labute approximate surface area is 202 Å². The fourth-order valence-electron chi connectivity index (χ4n) is 3.61. The van der Waals surface area contributed by atoms with E-state index in [9.17, 15) is 14.4 Å². The number of aryl methyl sites for hydroxylation is 2. The Morgan fingerprint density at radius 3 is 2.21 bits per heavy atom. The van der Waals surface area contributed by atoms with E-state index in [2.05, 4.69) is 5.32 Å². The molecular formula is C27H23ClN2O4. The quantitative estimate of drug-likeness (QED) is 0.279. The van der Waals surface area contributed by atoms with E-state index in [1.807, 2.05) is 44.2 Å². The predicted octanol–water partition coefficient (Wildman–Crippen LogP) is 5.47. The molecule has 1 aliphatic rings. The number of para-hydroxylation sites is 1. The van der Waals surface area contributed by atoms with E-state index in [4.69, 9.17) is 16.3 Å². The second kappa shape index (κ2) is 9.93. The lowest BCUT2D eigenvalue weighted by Crippen LogP contribution is -2.32. The highest BCUT2D eigenvalue weighted by molar-refractivity contribution is 6.53. The summed E-state index contributed by atoms with van der Waals surface area (Å²) in [4.78, 5) is 39.2. The van der Waals surface area contributed by atoms with Crippen LogP contribution < -0.4 is 15.0 Å². The maximum absolute atomic E-state index is 13.0. The van der Waals surface area contributed by atoms with Gasteiger partial charge in [0.25, 0.3) is 11.8 Å². The van der Waals surface area contributed by atoms with Gasteiger partial charge in [0, 0.05) is 5.69 Å². The molecule has 6 nitrogen and oxygen atoms in total. The zero-order valence-corrected chi connectivity index (χ0v) is 19.6. The van der Waals surface area contributed by atoms with Crippen LogP contribution in [0.4, 0.5) is 11.4 Å². The summed E-state index contributed by atoms with van der Waals surface area (Å²) in [6, 6.07) is 21.0. The van der Waals surface area contributed by atoms with Crippen molar-refractivity contribution in [3.8, 4) is 5.75 Å². The van der Waals surface area contributed by atoms with E-state index in [1.54, 1.807) is 42.5 Å². The molecule has 3 aromatic rings. The number of rotatable bonds is 7. The molecule has 4 rings (SSSR count). The summed E-state index contributed by atoms with van der Waals surface area (Å²) in [6.07, 6.45) is 1.59. The lowest BCUT2D eigenvalue weighted by Gasteiger charge is -2.15. The van der Waals surface area contributed by atoms with E-state index in [-0.39, 0.29) is 10.7 Å². The molecule has 0 saturated heterocycles. The first-order valence-electron chi connectivity index (χ1n) is 11.0. The van der Waals surface area contributed by atoms with Crippen molar-refractivity contribution < 1.29 is 19.1 Å². The number of nitrogens with zero attached hydrogens (tertiary/aromatic N) is 1. The van der Waals surface area contributed by atoms with Gasteiger partial charge in [0.1, 0.15) is 16.5 Å². The third-order valence-electron chi connectivity index (χ3n) is 5.58. The van der Waals surface area contributed by atoms with Crippen LogP contribution in [0.1, 0.15) is 35.3 Å². The molecule has 1 N–H and O–H groups in total. The number of halogens is 1. The number of carbonyl (C=O) groups excluding carboxylic acids is 3. The van der Waals surface area contributed by atoms with Crippen molar-refractivity contribution in [2.45, 2.75) is 26.7 Å². The largest absolute Gasteiger partial charge is 0.423 e. The van der Waals surface area contributed by atoms with Crippen molar-refractivity contribution in [2.24, 2.45) is 0 Å². The van der Waals surface area contributed by atoms with Gasteiger partial charge in [-0.1, -0.05) is 55.8 Å². The van der Waals surface area contributed by atoms with Crippen LogP contribution in [-0.2, 0) is 22.4 Å². The molecule has 0 saturated carbocycles. The highest BCUT2D eigenvalue weighted by Gasteiger charge is 2.38. The van der Waals surface area contributed by atoms with Gasteiger partial charge in [0.2, 0.25) is 0 Å². The van der Waals surface area contributed by atoms with E-state index >= 15 is 0 Å². The molecule has 0 fully saturated rings. The summed E-state index contributed by atoms with van der Waals surface area (Å²) in [7, 11) is 0. The SMILES string of the molecule is CCc1ccc(N2C(=O)C(Cl)=C(Nc3ccc(C(=O)Oc4ccccc4CC)cc3)C2=O)cc1. The average Bonchev–Trinajstić information content (AvgIpc) is 3.07. The minimum absolute atomic E-state index is 0.0153. The van der Waals surface area contributed by atoms with Crippen LogP contribution in [-0.4, -0.2) is 17.8 Å². The van der Waals surface area contributed by atoms with Crippen molar-refractivity contribution in [3.05, 3.63) is 100 Å². The fourth-order valence-corrected chi connectivity index (χ4v) is 3.83. The second-order valence-electron chi connectivity index (χ2n) is 7.71. The summed E-state index contributed by atoms with van der Waals surface area (Å²) < 4.78 is 5.53. The number of hydrogen-bond acceptors (Lipinski definition) is 5. The zero-order valence-electron chi connectivity index (χ0n) is 18.8. The molecule has 0 atom stereocenters. The van der Waals surface area contributed by atoms with Crippen molar-refractivity contribution in [1.82, 2.24) is 0 Å². The number of benzene rings is 3. The van der Waals surface area contributed by atoms with Gasteiger partial charge in [-0.2, -0.15) is 0 Å². The molecule has 2 amide bonds. The van der Waals surface area contributed by atoms with Crippen LogP contribution >= 0.6 is 11.6 Å². The number of carbonyl (C=O) groups is 3. The van der Waals surface area contributed by atoms with Crippen LogP contribution in [0.15, 0.2) is 83.5 Å². The van der Waals surface area contributed by atoms with Crippen molar-refractivity contribution >= 4 is 40.8 Å². The summed E-state index contributed by atoms with van der Waals surface area (Å²) in [6.45, 7) is 4.01. The Morgan fingerprint density at radius 2 is 1.56 bits per heavy atom. The molecule has 0 bridgehead atoms. The van der Waals surface area contributed by atoms with Gasteiger partial charge in [-0.25, -0.2) is 9.69 Å². The van der Waals surface area contributed by atoms with Crippen molar-refractivity contribution in [1.29, 1.82) is 0 Å². The Morgan fingerprint density at radius 1 is 0.882 bits per heavy atom. The predicted molar refractivity (Wildman–Crippen MR) is 132 cm³/mol. The van der Waals surface area contributed by atoms with Crippen LogP contribution in [0.5, 0.6) is 5.75 Å². The molecule has 1 aliphatic heterocycles. The Kier molecular flexibility index (Phi) is 6.80. The van der Waals surface area contributed by atoms with Crippen molar-refractivity contribution in [3.63, 3.8) is 0 Å². The Bertz CT molecular complexity index is 1280. The lowest BCUT2D eigenvalue weighted by molar-refractivity contribution is -0.120. The van der Waals surface area contributed by atoms with E-state index in [0.29, 0.717) is 22.7 Å². The highest BCUT2D eigenvalue weighted by Crippen LogP contribution is 2.30. The first-order valence-corrected chi connectivity index (χ1v) is 11.3. The maximum Gasteiger partial charge on any atom is 0.343 e. The van der Waals surface area contributed by atoms with Gasteiger partial charge in [0.05, 0.1) is 11.3 Å². The van der Waals surface area contributed by atoms with Crippen molar-refractivity contribution in [2.75, 3.05) is 10.2 Å². The fraction of sp³-hybridized carbons (Fsp3) is 0.148. The number of esters is 1. The van der Waals surface area contributed by atoms with Crippen LogP contribution in [0.25, 0.3) is 0 Å². The van der Waals surface area contributed by atoms with Gasteiger partial charge in [-0.3, -0.25) is 9.59 Å². The van der Waals surface area contributed by atoms with E-state index in [0.717, 1.165) is 28.9 Å². The average molecular weight is 475 g/mol. The van der Waals surface area contributed by atoms with E-state index < -0.39 is 17.8 Å². The smallest absolute Gasteiger partial charge is 0.343 e. The molecule has 0 aliphatic carbocycles. The second-order valence-corrected chi connectivity index (χ2v) is 8.09. The zero-order chi connectivity index (χ0) is 24.2. The molecule has 0 aromatic heterocycles. The monoisotopic (exact) mass is 474 g/mol. The number of nitrogens with one attached hydrogen (secondary N) is 1. The number of hydrogen-bond donors (Lipinski definition) is 1. The topological polar surface area (TPSA) is 75.7 Å². The Balaban J connectivity index is 1.47. The van der Waals surface area contributed by atoms with Crippen LogP contribution in [0.2, 0.25) is 0 Å². The first kappa shape index (κ1) is 23.3. The van der Waals surface area contributed by atoms with Gasteiger partial charge in [-0.05, 0) is 66.4 Å². The highest BCUT2D eigenvalue weighted by atomic mass is 35.5. The van der Waals surface area contributed by atoms with Crippen LogP contribution in [0, 0.1) is 0 Å². The standard InChI is InChI=1S/C27H23ClN2O4/c1-3-17-9-15-21(16-10-17)30-25(31)23(28)24(26(30)32)29-20-13-11-19(12-14-20)27(33)34-22-8-6-5-7-18(22)4-2/h5-16,29H,3-4H2,1-2H3. The summed E-state index contributed by atoms with van der Waals surface area (Å²) in [5, 5.41) is 2.72. The van der Waals surface area contributed by atoms with Gasteiger partial charge < -0.3 is 10.1 Å². The molecular weight excluding hydrogens is 452 g/mol. The molecule has 172 valence electrons. The Hall–Kier alpha value is -3.90. The minimum atomic E-state index is -0.590. The number of ether oxygens (including phenoxy) is 1.